The second-order valence-electron chi connectivity index (χ2n) is 3.66. The Morgan fingerprint density at radius 1 is 1.09 bits per heavy atom. The van der Waals surface area contributed by atoms with Crippen molar-refractivity contribution in [2.24, 2.45) is 0 Å². The highest BCUT2D eigenvalue weighted by Gasteiger charge is 2.30. The Bertz CT molecular complexity index is 154. The molecule has 1 fully saturated rings. The standard InChI is InChI=1S/C10H16O/c1-2-6-10(7-3-1)8-4-5-9-11-10/h2,6H,1,3-5,7-9H2. The Labute approximate surface area is 68.4 Å². The molecule has 0 bridgehead atoms. The second kappa shape index (κ2) is 2.98. The van der Waals surface area contributed by atoms with E-state index in [1.807, 2.05) is 0 Å². The molecular formula is C10H16O. The van der Waals surface area contributed by atoms with E-state index in [1.165, 1.54) is 38.5 Å². The van der Waals surface area contributed by atoms with Gasteiger partial charge in [0.15, 0.2) is 0 Å². The smallest absolute Gasteiger partial charge is 0.0862 e. The summed E-state index contributed by atoms with van der Waals surface area (Å²) in [7, 11) is 0. The minimum atomic E-state index is 0.177. The predicted molar refractivity (Wildman–Crippen MR) is 45.5 cm³/mol. The molecule has 0 amide bonds. The molecule has 11 heavy (non-hydrogen) atoms. The zero-order valence-corrected chi connectivity index (χ0v) is 7.01. The number of ether oxygens (including phenoxy) is 1. The average Bonchev–Trinajstić information content (AvgIpc) is 2.07. The van der Waals surface area contributed by atoms with Gasteiger partial charge in [0.25, 0.3) is 0 Å². The van der Waals surface area contributed by atoms with Crippen molar-refractivity contribution in [1.82, 2.24) is 0 Å². The number of hydrogen-bond donors (Lipinski definition) is 0. The van der Waals surface area contributed by atoms with E-state index in [9.17, 15) is 0 Å². The summed E-state index contributed by atoms with van der Waals surface area (Å²) >= 11 is 0. The summed E-state index contributed by atoms with van der Waals surface area (Å²) in [6, 6.07) is 0. The molecule has 1 aliphatic carbocycles. The predicted octanol–water partition coefficient (Wildman–Crippen LogP) is 2.67. The minimum absolute atomic E-state index is 0.177. The molecule has 0 aromatic carbocycles. The second-order valence-corrected chi connectivity index (χ2v) is 3.66. The van der Waals surface area contributed by atoms with Crippen LogP contribution in [0.2, 0.25) is 0 Å². The van der Waals surface area contributed by atoms with Crippen LogP contribution in [0.1, 0.15) is 38.5 Å². The van der Waals surface area contributed by atoms with Crippen molar-refractivity contribution in [2.45, 2.75) is 44.1 Å². The minimum Gasteiger partial charge on any atom is -0.371 e. The van der Waals surface area contributed by atoms with Crippen LogP contribution in [0.5, 0.6) is 0 Å². The van der Waals surface area contributed by atoms with Crippen molar-refractivity contribution in [2.75, 3.05) is 6.61 Å². The fraction of sp³-hybridized carbons (Fsp3) is 0.800. The van der Waals surface area contributed by atoms with Crippen molar-refractivity contribution in [3.63, 3.8) is 0 Å². The Balaban J connectivity index is 2.06. The van der Waals surface area contributed by atoms with Crippen molar-refractivity contribution in [3.8, 4) is 0 Å². The molecule has 2 rings (SSSR count). The maximum atomic E-state index is 5.82. The van der Waals surface area contributed by atoms with Crippen LogP contribution in [0.15, 0.2) is 12.2 Å². The van der Waals surface area contributed by atoms with Gasteiger partial charge in [0.1, 0.15) is 0 Å². The van der Waals surface area contributed by atoms with Gasteiger partial charge in [-0.3, -0.25) is 0 Å². The molecule has 1 heterocycles. The van der Waals surface area contributed by atoms with E-state index < -0.39 is 0 Å². The van der Waals surface area contributed by atoms with Crippen molar-refractivity contribution in [3.05, 3.63) is 12.2 Å². The summed E-state index contributed by atoms with van der Waals surface area (Å²) in [5.74, 6) is 0. The van der Waals surface area contributed by atoms with Crippen LogP contribution in [0.4, 0.5) is 0 Å². The summed E-state index contributed by atoms with van der Waals surface area (Å²) in [6.45, 7) is 0.977. The highest BCUT2D eigenvalue weighted by molar-refractivity contribution is 5.06. The number of allylic oxidation sites excluding steroid dienone is 1. The summed E-state index contributed by atoms with van der Waals surface area (Å²) in [4.78, 5) is 0. The van der Waals surface area contributed by atoms with Gasteiger partial charge in [0.05, 0.1) is 5.60 Å². The molecule has 1 atom stereocenters. The molecule has 0 radical (unpaired) electrons. The number of hydrogen-bond acceptors (Lipinski definition) is 1. The molecule has 0 aromatic heterocycles. The Kier molecular flexibility index (Phi) is 1.99. The third-order valence-corrected chi connectivity index (χ3v) is 2.78. The molecule has 62 valence electrons. The lowest BCUT2D eigenvalue weighted by molar-refractivity contribution is -0.0518. The lowest BCUT2D eigenvalue weighted by Crippen LogP contribution is -2.35. The van der Waals surface area contributed by atoms with Gasteiger partial charge >= 0.3 is 0 Å². The van der Waals surface area contributed by atoms with E-state index in [1.54, 1.807) is 0 Å². The molecule has 1 aliphatic heterocycles. The molecule has 1 unspecified atom stereocenters. The van der Waals surface area contributed by atoms with E-state index in [0.29, 0.717) is 0 Å². The summed E-state index contributed by atoms with van der Waals surface area (Å²) in [6.07, 6.45) is 12.3. The first kappa shape index (κ1) is 7.35. The van der Waals surface area contributed by atoms with E-state index in [-0.39, 0.29) is 5.60 Å². The van der Waals surface area contributed by atoms with Crippen molar-refractivity contribution in [1.29, 1.82) is 0 Å². The van der Waals surface area contributed by atoms with Crippen LogP contribution in [0.3, 0.4) is 0 Å². The van der Waals surface area contributed by atoms with Gasteiger partial charge in [0.2, 0.25) is 0 Å². The summed E-state index contributed by atoms with van der Waals surface area (Å²) in [5.41, 5.74) is 0.177. The van der Waals surface area contributed by atoms with Gasteiger partial charge in [-0.05, 0) is 38.5 Å². The first-order valence-electron chi connectivity index (χ1n) is 4.73. The topological polar surface area (TPSA) is 9.23 Å². The normalized spacial score (nSPS) is 37.8. The summed E-state index contributed by atoms with van der Waals surface area (Å²) in [5, 5.41) is 0. The zero-order chi connectivity index (χ0) is 7.57. The van der Waals surface area contributed by atoms with Crippen LogP contribution in [-0.2, 0) is 4.74 Å². The van der Waals surface area contributed by atoms with E-state index >= 15 is 0 Å². The van der Waals surface area contributed by atoms with E-state index in [2.05, 4.69) is 12.2 Å². The largest absolute Gasteiger partial charge is 0.371 e. The van der Waals surface area contributed by atoms with Crippen LogP contribution in [-0.4, -0.2) is 12.2 Å². The van der Waals surface area contributed by atoms with Crippen LogP contribution >= 0.6 is 0 Å². The van der Waals surface area contributed by atoms with E-state index in [4.69, 9.17) is 4.74 Å². The third-order valence-electron chi connectivity index (χ3n) is 2.78. The third kappa shape index (κ3) is 1.48. The molecular weight excluding hydrogens is 136 g/mol. The molecule has 1 saturated heterocycles. The maximum absolute atomic E-state index is 5.82. The van der Waals surface area contributed by atoms with Crippen molar-refractivity contribution >= 4 is 0 Å². The highest BCUT2D eigenvalue weighted by Crippen LogP contribution is 2.33. The quantitative estimate of drug-likeness (QED) is 0.485. The molecule has 0 aromatic rings. The van der Waals surface area contributed by atoms with Gasteiger partial charge in [-0.15, -0.1) is 0 Å². The molecule has 0 N–H and O–H groups in total. The van der Waals surface area contributed by atoms with Crippen LogP contribution in [0, 0.1) is 0 Å². The van der Waals surface area contributed by atoms with Crippen LogP contribution in [0.25, 0.3) is 0 Å². The van der Waals surface area contributed by atoms with Gasteiger partial charge in [0, 0.05) is 6.61 Å². The Hall–Kier alpha value is -0.300. The molecule has 1 spiro atoms. The Morgan fingerprint density at radius 2 is 2.00 bits per heavy atom. The lowest BCUT2D eigenvalue weighted by Gasteiger charge is -2.36. The van der Waals surface area contributed by atoms with Gasteiger partial charge in [-0.25, -0.2) is 0 Å². The summed E-state index contributed by atoms with van der Waals surface area (Å²) < 4.78 is 5.82. The van der Waals surface area contributed by atoms with Crippen LogP contribution < -0.4 is 0 Å². The van der Waals surface area contributed by atoms with Gasteiger partial charge in [-0.1, -0.05) is 12.2 Å². The fourth-order valence-electron chi connectivity index (χ4n) is 2.10. The average molecular weight is 152 g/mol. The Morgan fingerprint density at radius 3 is 2.64 bits per heavy atom. The molecule has 0 saturated carbocycles. The molecule has 2 aliphatic rings. The number of rotatable bonds is 0. The lowest BCUT2D eigenvalue weighted by atomic mass is 9.85. The first-order chi connectivity index (χ1) is 5.41. The monoisotopic (exact) mass is 152 g/mol. The SMILES string of the molecule is C1=CC2(CCC1)CCCCO2. The van der Waals surface area contributed by atoms with Gasteiger partial charge in [-0.2, -0.15) is 0 Å². The molecule has 1 nitrogen and oxygen atoms in total. The highest BCUT2D eigenvalue weighted by atomic mass is 16.5. The zero-order valence-electron chi connectivity index (χ0n) is 7.01. The first-order valence-corrected chi connectivity index (χ1v) is 4.73. The maximum Gasteiger partial charge on any atom is 0.0862 e. The van der Waals surface area contributed by atoms with Gasteiger partial charge < -0.3 is 4.74 Å². The fourth-order valence-corrected chi connectivity index (χ4v) is 2.10. The van der Waals surface area contributed by atoms with E-state index in [0.717, 1.165) is 6.61 Å². The van der Waals surface area contributed by atoms with Crippen molar-refractivity contribution < 1.29 is 4.74 Å². The molecule has 1 heteroatoms.